The number of aryl methyl sites for hydroxylation is 1. The van der Waals surface area contributed by atoms with Gasteiger partial charge in [-0.05, 0) is 47.7 Å². The number of halogens is 1. The number of likely N-dealkylation sites (tertiary alicyclic amines) is 2. The summed E-state index contributed by atoms with van der Waals surface area (Å²) in [6, 6.07) is 8.02. The van der Waals surface area contributed by atoms with Crippen LogP contribution in [-0.2, 0) is 11.8 Å². The first-order chi connectivity index (χ1) is 12.6. The molecular formula is C20H24BrN3O2. The van der Waals surface area contributed by atoms with E-state index in [2.05, 4.69) is 15.9 Å². The Labute approximate surface area is 162 Å². The number of carbonyl (C=O) groups excluding carboxylic acids is 2. The summed E-state index contributed by atoms with van der Waals surface area (Å²) in [5, 5.41) is 1.05. The van der Waals surface area contributed by atoms with Crippen molar-refractivity contribution in [3.63, 3.8) is 0 Å². The zero-order valence-corrected chi connectivity index (χ0v) is 16.7. The number of para-hydroxylation sites is 1. The highest BCUT2D eigenvalue weighted by molar-refractivity contribution is 9.10. The summed E-state index contributed by atoms with van der Waals surface area (Å²) in [6.45, 7) is 3.11. The van der Waals surface area contributed by atoms with Gasteiger partial charge in [-0.3, -0.25) is 9.59 Å². The molecule has 0 N–H and O–H groups in total. The summed E-state index contributed by atoms with van der Waals surface area (Å²) in [5.74, 6) is 0.413. The molecule has 0 saturated carbocycles. The Morgan fingerprint density at radius 3 is 2.31 bits per heavy atom. The summed E-state index contributed by atoms with van der Waals surface area (Å²) in [5.41, 5.74) is 1.73. The van der Waals surface area contributed by atoms with Gasteiger partial charge in [0.05, 0.1) is 4.47 Å². The number of carbonyl (C=O) groups is 2. The maximum atomic E-state index is 13.1. The van der Waals surface area contributed by atoms with Crippen LogP contribution in [0.15, 0.2) is 28.7 Å². The first-order valence-corrected chi connectivity index (χ1v) is 10.2. The molecule has 26 heavy (non-hydrogen) atoms. The largest absolute Gasteiger partial charge is 0.342 e. The van der Waals surface area contributed by atoms with Crippen LogP contribution in [0.2, 0.25) is 0 Å². The van der Waals surface area contributed by atoms with Crippen molar-refractivity contribution in [2.24, 2.45) is 13.0 Å². The SMILES string of the molecule is Cn1c(C(=O)N2CCC(C(=O)N3CCCC3)CC2)c(Br)c2ccccc21. The van der Waals surface area contributed by atoms with Crippen molar-refractivity contribution in [2.45, 2.75) is 25.7 Å². The van der Waals surface area contributed by atoms with Gasteiger partial charge in [-0.25, -0.2) is 0 Å². The predicted molar refractivity (Wildman–Crippen MR) is 105 cm³/mol. The summed E-state index contributed by atoms with van der Waals surface area (Å²) in [4.78, 5) is 29.6. The molecular weight excluding hydrogens is 394 g/mol. The molecule has 2 aromatic rings. The van der Waals surface area contributed by atoms with Crippen LogP contribution in [0.5, 0.6) is 0 Å². The summed E-state index contributed by atoms with van der Waals surface area (Å²) in [6.07, 6.45) is 3.78. The molecule has 1 aromatic carbocycles. The first-order valence-electron chi connectivity index (χ1n) is 9.39. The van der Waals surface area contributed by atoms with Crippen LogP contribution in [0.3, 0.4) is 0 Å². The van der Waals surface area contributed by atoms with Gasteiger partial charge in [-0.2, -0.15) is 0 Å². The second-order valence-corrected chi connectivity index (χ2v) is 8.13. The molecule has 0 aliphatic carbocycles. The third-order valence-corrected chi connectivity index (χ3v) is 6.60. The van der Waals surface area contributed by atoms with Crippen molar-refractivity contribution in [3.8, 4) is 0 Å². The lowest BCUT2D eigenvalue weighted by Crippen LogP contribution is -2.44. The van der Waals surface area contributed by atoms with E-state index in [0.29, 0.717) is 24.7 Å². The molecule has 3 heterocycles. The Bertz CT molecular complexity index is 807. The van der Waals surface area contributed by atoms with E-state index >= 15 is 0 Å². The lowest BCUT2D eigenvalue weighted by atomic mass is 9.95. The van der Waals surface area contributed by atoms with E-state index in [1.165, 1.54) is 0 Å². The van der Waals surface area contributed by atoms with E-state index < -0.39 is 0 Å². The highest BCUT2D eigenvalue weighted by Crippen LogP contribution is 2.32. The van der Waals surface area contributed by atoms with Gasteiger partial charge in [0.1, 0.15) is 5.69 Å². The van der Waals surface area contributed by atoms with Crippen LogP contribution in [0, 0.1) is 5.92 Å². The van der Waals surface area contributed by atoms with Gasteiger partial charge < -0.3 is 14.4 Å². The zero-order valence-electron chi connectivity index (χ0n) is 15.1. The standard InChI is InChI=1S/C20H24BrN3O2/c1-22-16-7-3-2-6-15(16)17(21)18(22)20(26)24-12-8-14(9-13-24)19(25)23-10-4-5-11-23/h2-3,6-7,14H,4-5,8-13H2,1H3. The molecule has 2 aliphatic rings. The van der Waals surface area contributed by atoms with E-state index in [-0.39, 0.29) is 11.8 Å². The normalized spacial score (nSPS) is 18.7. The van der Waals surface area contributed by atoms with E-state index in [0.717, 1.165) is 54.1 Å². The van der Waals surface area contributed by atoms with Gasteiger partial charge in [0.25, 0.3) is 5.91 Å². The highest BCUT2D eigenvalue weighted by Gasteiger charge is 2.33. The topological polar surface area (TPSA) is 45.6 Å². The number of benzene rings is 1. The van der Waals surface area contributed by atoms with Gasteiger partial charge >= 0.3 is 0 Å². The van der Waals surface area contributed by atoms with Crippen molar-refractivity contribution >= 4 is 38.6 Å². The third kappa shape index (κ3) is 2.94. The maximum absolute atomic E-state index is 13.1. The van der Waals surface area contributed by atoms with Crippen molar-refractivity contribution in [2.75, 3.05) is 26.2 Å². The van der Waals surface area contributed by atoms with E-state index in [1.807, 2.05) is 45.7 Å². The van der Waals surface area contributed by atoms with Gasteiger partial charge in [-0.15, -0.1) is 0 Å². The average molecular weight is 418 g/mol. The molecule has 1 aromatic heterocycles. The van der Waals surface area contributed by atoms with Crippen LogP contribution in [0.4, 0.5) is 0 Å². The fourth-order valence-corrected chi connectivity index (χ4v) is 5.03. The van der Waals surface area contributed by atoms with E-state index in [1.54, 1.807) is 0 Å². The number of amides is 2. The van der Waals surface area contributed by atoms with Crippen LogP contribution in [0.1, 0.15) is 36.2 Å². The quantitative estimate of drug-likeness (QED) is 0.751. The molecule has 0 spiro atoms. The minimum atomic E-state index is 0.0441. The number of rotatable bonds is 2. The van der Waals surface area contributed by atoms with Gasteiger partial charge in [0.2, 0.25) is 5.91 Å². The van der Waals surface area contributed by atoms with Crippen molar-refractivity contribution in [1.29, 1.82) is 0 Å². The molecule has 138 valence electrons. The van der Waals surface area contributed by atoms with Crippen LogP contribution in [-0.4, -0.2) is 52.4 Å². The highest BCUT2D eigenvalue weighted by atomic mass is 79.9. The molecule has 2 amide bonds. The van der Waals surface area contributed by atoms with E-state index in [4.69, 9.17) is 0 Å². The van der Waals surface area contributed by atoms with Gasteiger partial charge in [0, 0.05) is 50.0 Å². The number of aromatic nitrogens is 1. The Kier molecular flexibility index (Phi) is 4.78. The molecule has 0 radical (unpaired) electrons. The molecule has 0 bridgehead atoms. The molecule has 2 saturated heterocycles. The molecule has 0 unspecified atom stereocenters. The van der Waals surface area contributed by atoms with Crippen molar-refractivity contribution in [3.05, 3.63) is 34.4 Å². The zero-order chi connectivity index (χ0) is 18.3. The van der Waals surface area contributed by atoms with Gasteiger partial charge in [-0.1, -0.05) is 18.2 Å². The molecule has 2 fully saturated rings. The minimum Gasteiger partial charge on any atom is -0.342 e. The lowest BCUT2D eigenvalue weighted by Gasteiger charge is -2.33. The van der Waals surface area contributed by atoms with Crippen LogP contribution < -0.4 is 0 Å². The van der Waals surface area contributed by atoms with Crippen LogP contribution in [0.25, 0.3) is 10.9 Å². The van der Waals surface area contributed by atoms with Crippen LogP contribution >= 0.6 is 15.9 Å². The molecule has 2 aliphatic heterocycles. The number of piperidine rings is 1. The monoisotopic (exact) mass is 417 g/mol. The third-order valence-electron chi connectivity index (χ3n) is 5.80. The average Bonchev–Trinajstić information content (AvgIpc) is 3.29. The number of hydrogen-bond acceptors (Lipinski definition) is 2. The van der Waals surface area contributed by atoms with Crippen molar-refractivity contribution < 1.29 is 9.59 Å². The fourth-order valence-electron chi connectivity index (χ4n) is 4.26. The number of hydrogen-bond donors (Lipinski definition) is 0. The maximum Gasteiger partial charge on any atom is 0.271 e. The molecule has 4 rings (SSSR count). The summed E-state index contributed by atoms with van der Waals surface area (Å²) >= 11 is 3.62. The van der Waals surface area contributed by atoms with Crippen molar-refractivity contribution in [1.82, 2.24) is 14.4 Å². The number of fused-ring (bicyclic) bond motifs is 1. The van der Waals surface area contributed by atoms with Gasteiger partial charge in [0.15, 0.2) is 0 Å². The Balaban J connectivity index is 1.48. The number of nitrogens with zero attached hydrogens (tertiary/aromatic N) is 3. The summed E-state index contributed by atoms with van der Waals surface area (Å²) < 4.78 is 2.82. The first kappa shape index (κ1) is 17.6. The Morgan fingerprint density at radius 2 is 1.65 bits per heavy atom. The molecule has 0 atom stereocenters. The lowest BCUT2D eigenvalue weighted by molar-refractivity contribution is -0.135. The van der Waals surface area contributed by atoms with E-state index in [9.17, 15) is 9.59 Å². The fraction of sp³-hybridized carbons (Fsp3) is 0.500. The Hall–Kier alpha value is -1.82. The smallest absolute Gasteiger partial charge is 0.271 e. The second kappa shape index (κ2) is 7.06. The second-order valence-electron chi connectivity index (χ2n) is 7.34. The molecule has 6 heteroatoms. The summed E-state index contributed by atoms with van der Waals surface area (Å²) in [7, 11) is 1.93. The molecule has 5 nitrogen and oxygen atoms in total. The predicted octanol–water partition coefficient (Wildman–Crippen LogP) is 3.42. The minimum absolute atomic E-state index is 0.0441. The Morgan fingerprint density at radius 1 is 1.00 bits per heavy atom.